The van der Waals surface area contributed by atoms with Crippen molar-refractivity contribution in [3.8, 4) is 6.07 Å². The minimum atomic E-state index is -0.351. The van der Waals surface area contributed by atoms with Crippen molar-refractivity contribution in [3.05, 3.63) is 74.8 Å². The molecule has 0 radical (unpaired) electrons. The van der Waals surface area contributed by atoms with Crippen LogP contribution in [0.1, 0.15) is 29.0 Å². The maximum Gasteiger partial charge on any atom is 0.234 e. The van der Waals surface area contributed by atoms with Crippen LogP contribution in [0.25, 0.3) is 0 Å². The van der Waals surface area contributed by atoms with E-state index in [0.29, 0.717) is 15.6 Å². The second kappa shape index (κ2) is 9.17. The molecular formula is C22H20ClN3O2S. The molecule has 2 aromatic rings. The number of nitriles is 1. The van der Waals surface area contributed by atoms with Crippen molar-refractivity contribution in [2.24, 2.45) is 0 Å². The molecule has 2 aromatic carbocycles. The topological polar surface area (TPSA) is 82.0 Å². The Labute approximate surface area is 179 Å². The van der Waals surface area contributed by atoms with Crippen molar-refractivity contribution in [2.75, 3.05) is 11.1 Å². The number of benzene rings is 2. The Morgan fingerprint density at radius 1 is 1.24 bits per heavy atom. The lowest BCUT2D eigenvalue weighted by Gasteiger charge is -2.25. The molecule has 0 fully saturated rings. The number of allylic oxidation sites excluding steroid dienone is 1. The number of carbonyl (C=O) groups is 2. The first-order valence-corrected chi connectivity index (χ1v) is 10.4. The molecule has 0 saturated heterocycles. The van der Waals surface area contributed by atoms with Crippen molar-refractivity contribution >= 4 is 40.9 Å². The molecule has 2 amide bonds. The van der Waals surface area contributed by atoms with Gasteiger partial charge in [-0.1, -0.05) is 41.6 Å². The number of nitrogens with zero attached hydrogens (tertiary/aromatic N) is 1. The molecule has 0 spiro atoms. The number of thioether (sulfide) groups is 1. The number of rotatable bonds is 5. The predicted molar refractivity (Wildman–Crippen MR) is 117 cm³/mol. The molecule has 1 atom stereocenters. The van der Waals surface area contributed by atoms with Gasteiger partial charge >= 0.3 is 0 Å². The van der Waals surface area contributed by atoms with Crippen LogP contribution in [0.3, 0.4) is 0 Å². The van der Waals surface area contributed by atoms with Gasteiger partial charge in [0.15, 0.2) is 0 Å². The Kier molecular flexibility index (Phi) is 6.63. The van der Waals surface area contributed by atoms with E-state index >= 15 is 0 Å². The zero-order valence-corrected chi connectivity index (χ0v) is 17.7. The third kappa shape index (κ3) is 5.20. The molecule has 0 unspecified atom stereocenters. The van der Waals surface area contributed by atoms with Crippen LogP contribution in [0, 0.1) is 25.2 Å². The highest BCUT2D eigenvalue weighted by molar-refractivity contribution is 8.03. The highest BCUT2D eigenvalue weighted by Crippen LogP contribution is 2.36. The van der Waals surface area contributed by atoms with Crippen LogP contribution in [-0.2, 0) is 9.59 Å². The summed E-state index contributed by atoms with van der Waals surface area (Å²) in [5.41, 5.74) is 4.27. The van der Waals surface area contributed by atoms with Crippen molar-refractivity contribution in [3.63, 3.8) is 0 Å². The van der Waals surface area contributed by atoms with Crippen LogP contribution in [-0.4, -0.2) is 17.6 Å². The van der Waals surface area contributed by atoms with Gasteiger partial charge in [-0.25, -0.2) is 0 Å². The van der Waals surface area contributed by atoms with E-state index in [4.69, 9.17) is 11.6 Å². The third-order valence-electron chi connectivity index (χ3n) is 4.77. The highest BCUT2D eigenvalue weighted by Gasteiger charge is 2.29. The summed E-state index contributed by atoms with van der Waals surface area (Å²) in [5.74, 6) is -0.649. The number of carbonyl (C=O) groups excluding carboxylic acids is 2. The summed E-state index contributed by atoms with van der Waals surface area (Å²) in [7, 11) is 0. The van der Waals surface area contributed by atoms with E-state index < -0.39 is 0 Å². The van der Waals surface area contributed by atoms with Crippen molar-refractivity contribution in [2.45, 2.75) is 26.2 Å². The van der Waals surface area contributed by atoms with Gasteiger partial charge < -0.3 is 10.6 Å². The van der Waals surface area contributed by atoms with Crippen LogP contribution < -0.4 is 10.6 Å². The molecular weight excluding hydrogens is 406 g/mol. The van der Waals surface area contributed by atoms with E-state index in [1.54, 1.807) is 12.1 Å². The van der Waals surface area contributed by atoms with Crippen LogP contribution in [0.4, 0.5) is 5.69 Å². The van der Waals surface area contributed by atoms with Gasteiger partial charge in [0.2, 0.25) is 11.8 Å². The average Bonchev–Trinajstić information content (AvgIpc) is 2.69. The number of nitrogens with one attached hydrogen (secondary N) is 2. The number of halogens is 1. The van der Waals surface area contributed by atoms with Crippen LogP contribution in [0.5, 0.6) is 0 Å². The van der Waals surface area contributed by atoms with Gasteiger partial charge in [-0.15, -0.1) is 0 Å². The zero-order valence-electron chi connectivity index (χ0n) is 16.1. The van der Waals surface area contributed by atoms with E-state index in [2.05, 4.69) is 16.7 Å². The van der Waals surface area contributed by atoms with Gasteiger partial charge in [-0.05, 0) is 54.8 Å². The van der Waals surface area contributed by atoms with Crippen molar-refractivity contribution in [1.82, 2.24) is 5.32 Å². The number of aryl methyl sites for hydroxylation is 2. The molecule has 1 aliphatic heterocycles. The summed E-state index contributed by atoms with van der Waals surface area (Å²) < 4.78 is 0. The SMILES string of the molecule is Cc1ccc(NC(=O)CSC2=C(C#N)[C@H](c3ccc(Cl)cc3)CC(=O)N2)cc1C. The fourth-order valence-electron chi connectivity index (χ4n) is 3.07. The third-order valence-corrected chi connectivity index (χ3v) is 6.04. The lowest BCUT2D eigenvalue weighted by atomic mass is 9.87. The molecule has 0 saturated carbocycles. The normalized spacial score (nSPS) is 16.2. The van der Waals surface area contributed by atoms with Gasteiger partial charge in [-0.3, -0.25) is 9.59 Å². The smallest absolute Gasteiger partial charge is 0.234 e. The Morgan fingerprint density at radius 3 is 2.62 bits per heavy atom. The minimum absolute atomic E-state index is 0.0844. The van der Waals surface area contributed by atoms with E-state index in [-0.39, 0.29) is 29.9 Å². The van der Waals surface area contributed by atoms with E-state index in [0.717, 1.165) is 34.1 Å². The fraction of sp³-hybridized carbons (Fsp3) is 0.227. The molecule has 3 rings (SSSR count). The predicted octanol–water partition coefficient (Wildman–Crippen LogP) is 4.67. The molecule has 0 bridgehead atoms. The molecule has 29 heavy (non-hydrogen) atoms. The number of anilines is 1. The molecule has 2 N–H and O–H groups in total. The Morgan fingerprint density at radius 2 is 1.97 bits per heavy atom. The van der Waals surface area contributed by atoms with E-state index in [1.807, 2.05) is 44.2 Å². The van der Waals surface area contributed by atoms with Gasteiger partial charge in [-0.2, -0.15) is 5.26 Å². The second-order valence-corrected chi connectivity index (χ2v) is 8.27. The summed E-state index contributed by atoms with van der Waals surface area (Å²) in [6.07, 6.45) is 0.184. The van der Waals surface area contributed by atoms with E-state index in [1.165, 1.54) is 0 Å². The number of hydrogen-bond acceptors (Lipinski definition) is 4. The Balaban J connectivity index is 1.74. The fourth-order valence-corrected chi connectivity index (χ4v) is 4.07. The molecule has 1 aliphatic rings. The first kappa shape index (κ1) is 21.0. The standard InChI is InChI=1S/C22H20ClN3O2S/c1-13-3-8-17(9-14(13)2)25-21(28)12-29-22-19(11-24)18(10-20(27)26-22)15-4-6-16(23)7-5-15/h3-9,18H,10,12H2,1-2H3,(H,25,28)(H,26,27)/t18-/m0/s1. The lowest BCUT2D eigenvalue weighted by Crippen LogP contribution is -2.31. The largest absolute Gasteiger partial charge is 0.325 e. The maximum absolute atomic E-state index is 12.4. The summed E-state index contributed by atoms with van der Waals surface area (Å²) in [4.78, 5) is 24.5. The average molecular weight is 426 g/mol. The summed E-state index contributed by atoms with van der Waals surface area (Å²) in [5, 5.41) is 16.3. The van der Waals surface area contributed by atoms with Gasteiger partial charge in [0.25, 0.3) is 0 Å². The summed E-state index contributed by atoms with van der Waals surface area (Å²) in [6, 6.07) is 15.0. The van der Waals surface area contributed by atoms with Gasteiger partial charge in [0.1, 0.15) is 0 Å². The first-order chi connectivity index (χ1) is 13.9. The Hall–Kier alpha value is -2.75. The van der Waals surface area contributed by atoms with Crippen molar-refractivity contribution in [1.29, 1.82) is 5.26 Å². The monoisotopic (exact) mass is 425 g/mol. The van der Waals surface area contributed by atoms with Crippen LogP contribution in [0.15, 0.2) is 53.1 Å². The van der Waals surface area contributed by atoms with Crippen molar-refractivity contribution < 1.29 is 9.59 Å². The lowest BCUT2D eigenvalue weighted by molar-refractivity contribution is -0.121. The quantitative estimate of drug-likeness (QED) is 0.729. The number of hydrogen-bond donors (Lipinski definition) is 2. The molecule has 0 aromatic heterocycles. The van der Waals surface area contributed by atoms with E-state index in [9.17, 15) is 14.9 Å². The zero-order chi connectivity index (χ0) is 21.0. The van der Waals surface area contributed by atoms with Crippen LogP contribution >= 0.6 is 23.4 Å². The summed E-state index contributed by atoms with van der Waals surface area (Å²) in [6.45, 7) is 3.99. The highest BCUT2D eigenvalue weighted by atomic mass is 35.5. The molecule has 5 nitrogen and oxygen atoms in total. The molecule has 148 valence electrons. The van der Waals surface area contributed by atoms with Crippen LogP contribution in [0.2, 0.25) is 5.02 Å². The van der Waals surface area contributed by atoms with Gasteiger partial charge in [0.05, 0.1) is 22.4 Å². The first-order valence-electron chi connectivity index (χ1n) is 9.07. The summed E-state index contributed by atoms with van der Waals surface area (Å²) >= 11 is 7.10. The number of amides is 2. The van der Waals surface area contributed by atoms with Gasteiger partial charge in [0, 0.05) is 23.0 Å². The molecule has 7 heteroatoms. The second-order valence-electron chi connectivity index (χ2n) is 6.85. The maximum atomic E-state index is 12.4. The molecule has 1 heterocycles. The minimum Gasteiger partial charge on any atom is -0.325 e. The Bertz CT molecular complexity index is 1030. The molecule has 0 aliphatic carbocycles.